The lowest BCUT2D eigenvalue weighted by Gasteiger charge is -2.42. The van der Waals surface area contributed by atoms with Crippen molar-refractivity contribution in [1.29, 1.82) is 0 Å². The average Bonchev–Trinajstić information content (AvgIpc) is 3.24. The lowest BCUT2D eigenvalue weighted by atomic mass is 9.81. The Morgan fingerprint density at radius 2 is 1.97 bits per heavy atom. The molecule has 0 bridgehead atoms. The number of imide groups is 1. The maximum atomic E-state index is 13.8. The van der Waals surface area contributed by atoms with Crippen molar-refractivity contribution >= 4 is 22.8 Å². The van der Waals surface area contributed by atoms with Gasteiger partial charge < -0.3 is 19.7 Å². The number of urea groups is 1. The molecule has 8 nitrogen and oxygen atoms in total. The zero-order valence-corrected chi connectivity index (χ0v) is 20.1. The van der Waals surface area contributed by atoms with E-state index in [-0.39, 0.29) is 17.7 Å². The van der Waals surface area contributed by atoms with Crippen molar-refractivity contribution in [2.24, 2.45) is 0 Å². The highest BCUT2D eigenvalue weighted by molar-refractivity contribution is 6.08. The predicted octanol–water partition coefficient (Wildman–Crippen LogP) is 3.65. The van der Waals surface area contributed by atoms with Gasteiger partial charge >= 0.3 is 6.03 Å². The number of carbonyl (C=O) groups is 2. The highest BCUT2D eigenvalue weighted by Crippen LogP contribution is 2.49. The third-order valence-electron chi connectivity index (χ3n) is 7.72. The van der Waals surface area contributed by atoms with Crippen LogP contribution in [0.15, 0.2) is 42.5 Å². The molecule has 3 aromatic rings. The largest absolute Gasteiger partial charge is 0.508 e. The van der Waals surface area contributed by atoms with Crippen molar-refractivity contribution in [3.8, 4) is 11.5 Å². The molecule has 1 aromatic heterocycles. The van der Waals surface area contributed by atoms with Gasteiger partial charge in [-0.25, -0.2) is 4.79 Å². The molecule has 0 spiro atoms. The van der Waals surface area contributed by atoms with Gasteiger partial charge in [-0.2, -0.15) is 0 Å². The zero-order valence-electron chi connectivity index (χ0n) is 20.1. The number of ether oxygens (including phenoxy) is 1. The van der Waals surface area contributed by atoms with Crippen LogP contribution in [0.5, 0.6) is 11.5 Å². The van der Waals surface area contributed by atoms with Crippen LogP contribution in [-0.4, -0.2) is 75.1 Å². The Morgan fingerprint density at radius 1 is 1.14 bits per heavy atom. The van der Waals surface area contributed by atoms with E-state index in [1.165, 1.54) is 4.90 Å². The summed E-state index contributed by atoms with van der Waals surface area (Å²) in [5.41, 5.74) is 2.57. The number of phenols is 1. The molecular formula is C27H30N4O4. The minimum atomic E-state index is -1.02. The first-order valence-electron chi connectivity index (χ1n) is 12.3. The summed E-state index contributed by atoms with van der Waals surface area (Å²) in [5, 5.41) is 11.3. The minimum absolute atomic E-state index is 0.124. The summed E-state index contributed by atoms with van der Waals surface area (Å²) in [4.78, 5) is 36.6. The Balaban J connectivity index is 1.49. The summed E-state index contributed by atoms with van der Waals surface area (Å²) >= 11 is 0. The molecule has 4 heterocycles. The second-order valence-electron chi connectivity index (χ2n) is 9.91. The van der Waals surface area contributed by atoms with Crippen LogP contribution in [0.2, 0.25) is 0 Å². The highest BCUT2D eigenvalue weighted by atomic mass is 16.5. The molecule has 6 rings (SSSR count). The first-order chi connectivity index (χ1) is 16.9. The van der Waals surface area contributed by atoms with Gasteiger partial charge in [-0.1, -0.05) is 12.1 Å². The standard InChI is InChI=1S/C27H30N4O4/c1-3-35-19-8-9-22-20(15-19)21-16-27(2)25(33)30(13-12-29-10-5-11-29)26(34)31(27)24(23(21)28-22)17-6-4-7-18(32)14-17/h4,6-9,14-15,24,28,32H,3,5,10-13,16H2,1-2H3. The fraction of sp³-hybridized carbons (Fsp3) is 0.407. The summed E-state index contributed by atoms with van der Waals surface area (Å²) in [7, 11) is 0. The van der Waals surface area contributed by atoms with Gasteiger partial charge in [0.25, 0.3) is 5.91 Å². The molecule has 2 atom stereocenters. The number of rotatable bonds is 6. The molecular weight excluding hydrogens is 444 g/mol. The van der Waals surface area contributed by atoms with Crippen molar-refractivity contribution in [2.45, 2.75) is 38.3 Å². The third kappa shape index (κ3) is 3.31. The number of phenolic OH excluding ortho intramolecular Hbond substituents is 1. The topological polar surface area (TPSA) is 89.1 Å². The van der Waals surface area contributed by atoms with Crippen LogP contribution in [0.4, 0.5) is 4.79 Å². The number of fused-ring (bicyclic) bond motifs is 4. The minimum Gasteiger partial charge on any atom is -0.508 e. The molecule has 0 radical (unpaired) electrons. The number of benzene rings is 2. The average molecular weight is 475 g/mol. The Labute approximate surface area is 204 Å². The summed E-state index contributed by atoms with van der Waals surface area (Å²) in [6, 6.07) is 12.1. The van der Waals surface area contributed by atoms with E-state index in [9.17, 15) is 14.7 Å². The number of nitrogens with one attached hydrogen (secondary N) is 1. The fourth-order valence-electron chi connectivity index (χ4n) is 5.83. The molecule has 3 aliphatic rings. The van der Waals surface area contributed by atoms with Crippen LogP contribution in [0.25, 0.3) is 10.9 Å². The first-order valence-corrected chi connectivity index (χ1v) is 12.3. The van der Waals surface area contributed by atoms with Gasteiger partial charge in [0.05, 0.1) is 6.61 Å². The molecule has 2 saturated heterocycles. The van der Waals surface area contributed by atoms with Crippen LogP contribution >= 0.6 is 0 Å². The SMILES string of the molecule is CCOc1ccc2[nH]c3c(c2c1)CC1(C)C(=O)N(CCN2CCC2)C(=O)N1C3c1cccc(O)c1. The second-order valence-corrected chi connectivity index (χ2v) is 9.91. The van der Waals surface area contributed by atoms with E-state index >= 15 is 0 Å². The number of H-pyrrole nitrogens is 1. The van der Waals surface area contributed by atoms with Gasteiger partial charge in [0.15, 0.2) is 0 Å². The Hall–Kier alpha value is -3.52. The van der Waals surface area contributed by atoms with Gasteiger partial charge in [-0.3, -0.25) is 14.6 Å². The van der Waals surface area contributed by atoms with Crippen molar-refractivity contribution in [3.63, 3.8) is 0 Å². The van der Waals surface area contributed by atoms with E-state index in [4.69, 9.17) is 4.74 Å². The lowest BCUT2D eigenvalue weighted by Crippen LogP contribution is -2.53. The number of amides is 3. The van der Waals surface area contributed by atoms with Crippen LogP contribution in [-0.2, 0) is 11.2 Å². The van der Waals surface area contributed by atoms with E-state index in [0.29, 0.717) is 26.1 Å². The van der Waals surface area contributed by atoms with Gasteiger partial charge in [-0.15, -0.1) is 0 Å². The summed E-state index contributed by atoms with van der Waals surface area (Å²) in [5.74, 6) is 0.737. The third-order valence-corrected chi connectivity index (χ3v) is 7.72. The molecule has 182 valence electrons. The Morgan fingerprint density at radius 3 is 2.69 bits per heavy atom. The molecule has 3 amide bonds. The van der Waals surface area contributed by atoms with Gasteiger partial charge in [0.2, 0.25) is 0 Å². The maximum absolute atomic E-state index is 13.8. The van der Waals surface area contributed by atoms with Gasteiger partial charge in [0.1, 0.15) is 23.1 Å². The number of aromatic hydroxyl groups is 1. The van der Waals surface area contributed by atoms with Crippen molar-refractivity contribution < 1.29 is 19.4 Å². The molecule has 0 aliphatic carbocycles. The number of carbonyl (C=O) groups excluding carboxylic acids is 2. The van der Waals surface area contributed by atoms with E-state index < -0.39 is 11.6 Å². The number of hydrogen-bond acceptors (Lipinski definition) is 5. The molecule has 2 unspecified atom stereocenters. The van der Waals surface area contributed by atoms with Crippen LogP contribution in [0.1, 0.15) is 43.1 Å². The number of aromatic nitrogens is 1. The highest BCUT2D eigenvalue weighted by Gasteiger charge is 2.60. The molecule has 2 fully saturated rings. The maximum Gasteiger partial charge on any atom is 0.328 e. The lowest BCUT2D eigenvalue weighted by molar-refractivity contribution is -0.133. The monoisotopic (exact) mass is 474 g/mol. The smallest absolute Gasteiger partial charge is 0.328 e. The van der Waals surface area contributed by atoms with Crippen molar-refractivity contribution in [1.82, 2.24) is 19.7 Å². The summed E-state index contributed by atoms with van der Waals surface area (Å²) < 4.78 is 5.75. The van der Waals surface area contributed by atoms with Crippen molar-refractivity contribution in [2.75, 3.05) is 32.8 Å². The molecule has 8 heteroatoms. The molecule has 3 aliphatic heterocycles. The summed E-state index contributed by atoms with van der Waals surface area (Å²) in [6.45, 7) is 7.51. The Bertz CT molecular complexity index is 1330. The van der Waals surface area contributed by atoms with E-state index in [2.05, 4.69) is 9.88 Å². The second kappa shape index (κ2) is 8.02. The molecule has 2 aromatic carbocycles. The number of nitrogens with zero attached hydrogens (tertiary/aromatic N) is 3. The number of aromatic amines is 1. The van der Waals surface area contributed by atoms with E-state index in [1.807, 2.05) is 38.1 Å². The van der Waals surface area contributed by atoms with E-state index in [0.717, 1.165) is 53.0 Å². The van der Waals surface area contributed by atoms with Gasteiger partial charge in [0, 0.05) is 36.1 Å². The van der Waals surface area contributed by atoms with Crippen LogP contribution in [0, 0.1) is 0 Å². The molecule has 35 heavy (non-hydrogen) atoms. The zero-order chi connectivity index (χ0) is 24.3. The summed E-state index contributed by atoms with van der Waals surface area (Å²) in [6.07, 6.45) is 1.58. The Kier molecular flexibility index (Phi) is 5.03. The van der Waals surface area contributed by atoms with Crippen molar-refractivity contribution in [3.05, 3.63) is 59.3 Å². The van der Waals surface area contributed by atoms with Crippen LogP contribution < -0.4 is 4.74 Å². The molecule has 2 N–H and O–H groups in total. The van der Waals surface area contributed by atoms with Gasteiger partial charge in [-0.05, 0) is 74.8 Å². The van der Waals surface area contributed by atoms with Crippen LogP contribution in [0.3, 0.4) is 0 Å². The normalized spacial score (nSPS) is 24.0. The number of hydrogen-bond donors (Lipinski definition) is 2. The predicted molar refractivity (Wildman–Crippen MR) is 132 cm³/mol. The quantitative estimate of drug-likeness (QED) is 0.533. The fourth-order valence-corrected chi connectivity index (χ4v) is 5.83. The number of likely N-dealkylation sites (tertiary alicyclic amines) is 1. The first kappa shape index (κ1) is 22.0. The van der Waals surface area contributed by atoms with E-state index in [1.54, 1.807) is 23.1 Å². The molecule has 0 saturated carbocycles.